The molecule has 0 spiro atoms. The summed E-state index contributed by atoms with van der Waals surface area (Å²) in [6.45, 7) is 2.82. The zero-order valence-corrected chi connectivity index (χ0v) is 15.7. The van der Waals surface area contributed by atoms with Gasteiger partial charge in [0.2, 0.25) is 0 Å². The maximum absolute atomic E-state index is 10.2. The highest BCUT2D eigenvalue weighted by molar-refractivity contribution is 5.55. The quantitative estimate of drug-likeness (QED) is 0.741. The molecule has 0 unspecified atom stereocenters. The van der Waals surface area contributed by atoms with Gasteiger partial charge in [-0.05, 0) is 37.5 Å². The second kappa shape index (κ2) is 11.2. The summed E-state index contributed by atoms with van der Waals surface area (Å²) in [6.07, 6.45) is 12.5. The van der Waals surface area contributed by atoms with Crippen molar-refractivity contribution in [2.24, 2.45) is 0 Å². The fourth-order valence-corrected chi connectivity index (χ4v) is 3.31. The van der Waals surface area contributed by atoms with Gasteiger partial charge >= 0.3 is 0 Å². The molecule has 2 rings (SSSR count). The van der Waals surface area contributed by atoms with E-state index in [0.29, 0.717) is 24.1 Å². The maximum Gasteiger partial charge on any atom is 0.161 e. The molecule has 4 nitrogen and oxygen atoms in total. The molecule has 0 heterocycles. The molecule has 0 radical (unpaired) electrons. The van der Waals surface area contributed by atoms with E-state index in [1.807, 2.05) is 37.3 Å². The second-order valence-electron chi connectivity index (χ2n) is 6.83. The Morgan fingerprint density at radius 1 is 1.16 bits per heavy atom. The van der Waals surface area contributed by atoms with Crippen LogP contribution in [0.15, 0.2) is 24.3 Å². The molecule has 1 fully saturated rings. The Bertz CT molecular complexity index is 522. The van der Waals surface area contributed by atoms with Crippen molar-refractivity contribution in [1.82, 2.24) is 5.32 Å². The molecule has 1 aliphatic rings. The summed E-state index contributed by atoms with van der Waals surface area (Å²) >= 11 is 0. The molecule has 0 amide bonds. The number of allylic oxidation sites excluding steroid dienone is 1. The standard InChI is InChI=1S/C21H33NO3/c1-3-9-17-12-13-20(21(14-17)24-2)25-16-19(23)15-22-18-10-7-5-4-6-8-11-18/h3,9,12-14,18-19,22-23H,4-8,10-11,15-16H2,1-2H3/b9-3+/t19-/m1/s1. The average molecular weight is 347 g/mol. The third kappa shape index (κ3) is 7.09. The lowest BCUT2D eigenvalue weighted by atomic mass is 9.96. The van der Waals surface area contributed by atoms with Crippen LogP contribution in [-0.4, -0.2) is 37.5 Å². The highest BCUT2D eigenvalue weighted by Crippen LogP contribution is 2.28. The van der Waals surface area contributed by atoms with Crippen LogP contribution < -0.4 is 14.8 Å². The Morgan fingerprint density at radius 3 is 2.56 bits per heavy atom. The zero-order valence-electron chi connectivity index (χ0n) is 15.7. The Morgan fingerprint density at radius 2 is 1.88 bits per heavy atom. The summed E-state index contributed by atoms with van der Waals surface area (Å²) in [5.74, 6) is 1.36. The number of aliphatic hydroxyl groups excluding tert-OH is 1. The van der Waals surface area contributed by atoms with Crippen LogP contribution in [0.1, 0.15) is 57.4 Å². The number of rotatable bonds is 8. The lowest BCUT2D eigenvalue weighted by molar-refractivity contribution is 0.101. The van der Waals surface area contributed by atoms with Crippen LogP contribution in [0.4, 0.5) is 0 Å². The largest absolute Gasteiger partial charge is 0.493 e. The normalized spacial score (nSPS) is 17.9. The highest BCUT2D eigenvalue weighted by atomic mass is 16.5. The molecule has 0 aliphatic heterocycles. The van der Waals surface area contributed by atoms with Gasteiger partial charge in [0.15, 0.2) is 11.5 Å². The van der Waals surface area contributed by atoms with Crippen LogP contribution in [0.3, 0.4) is 0 Å². The monoisotopic (exact) mass is 347 g/mol. The molecule has 1 aromatic carbocycles. The van der Waals surface area contributed by atoms with Crippen LogP contribution >= 0.6 is 0 Å². The molecular formula is C21H33NO3. The predicted octanol–water partition coefficient (Wildman–Crippen LogP) is 4.17. The maximum atomic E-state index is 10.2. The summed E-state index contributed by atoms with van der Waals surface area (Å²) in [5.41, 5.74) is 1.07. The van der Waals surface area contributed by atoms with Gasteiger partial charge in [-0.1, -0.05) is 50.3 Å². The number of aliphatic hydroxyl groups is 1. The average Bonchev–Trinajstić information content (AvgIpc) is 2.59. The van der Waals surface area contributed by atoms with Crippen LogP contribution in [-0.2, 0) is 0 Å². The summed E-state index contributed by atoms with van der Waals surface area (Å²) < 4.78 is 11.2. The summed E-state index contributed by atoms with van der Waals surface area (Å²) in [5, 5.41) is 13.7. The summed E-state index contributed by atoms with van der Waals surface area (Å²) in [7, 11) is 1.63. The third-order valence-electron chi connectivity index (χ3n) is 4.73. The van der Waals surface area contributed by atoms with Crippen molar-refractivity contribution in [3.8, 4) is 11.5 Å². The van der Waals surface area contributed by atoms with Crippen molar-refractivity contribution in [1.29, 1.82) is 0 Å². The minimum absolute atomic E-state index is 0.263. The van der Waals surface area contributed by atoms with E-state index in [9.17, 15) is 5.11 Å². The number of ether oxygens (including phenoxy) is 2. The highest BCUT2D eigenvalue weighted by Gasteiger charge is 2.14. The topological polar surface area (TPSA) is 50.7 Å². The molecule has 4 heteroatoms. The Kier molecular flexibility index (Phi) is 8.84. The van der Waals surface area contributed by atoms with Gasteiger partial charge in [0.05, 0.1) is 7.11 Å². The van der Waals surface area contributed by atoms with Crippen LogP contribution in [0.5, 0.6) is 11.5 Å². The number of nitrogens with one attached hydrogen (secondary N) is 1. The number of hydrogen-bond donors (Lipinski definition) is 2. The molecule has 0 saturated heterocycles. The van der Waals surface area contributed by atoms with E-state index in [4.69, 9.17) is 9.47 Å². The molecule has 1 aromatic rings. The Balaban J connectivity index is 1.78. The molecule has 0 aromatic heterocycles. The van der Waals surface area contributed by atoms with Gasteiger partial charge in [0.1, 0.15) is 12.7 Å². The molecule has 2 N–H and O–H groups in total. The molecule has 1 atom stereocenters. The molecule has 25 heavy (non-hydrogen) atoms. The second-order valence-corrected chi connectivity index (χ2v) is 6.83. The predicted molar refractivity (Wildman–Crippen MR) is 103 cm³/mol. The van der Waals surface area contributed by atoms with E-state index in [1.165, 1.54) is 44.9 Å². The van der Waals surface area contributed by atoms with Gasteiger partial charge in [-0.2, -0.15) is 0 Å². The molecule has 140 valence electrons. The van der Waals surface area contributed by atoms with Crippen molar-refractivity contribution >= 4 is 6.08 Å². The van der Waals surface area contributed by atoms with Gasteiger partial charge in [-0.3, -0.25) is 0 Å². The van der Waals surface area contributed by atoms with Gasteiger partial charge in [-0.25, -0.2) is 0 Å². The SMILES string of the molecule is C/C=C/c1ccc(OC[C@H](O)CNC2CCCCCCC2)c(OC)c1. The van der Waals surface area contributed by atoms with Crippen molar-refractivity contribution in [2.45, 2.75) is 64.0 Å². The summed E-state index contributed by atoms with van der Waals surface area (Å²) in [4.78, 5) is 0. The first-order chi connectivity index (χ1) is 12.2. The summed E-state index contributed by atoms with van der Waals surface area (Å²) in [6, 6.07) is 6.35. The fraction of sp³-hybridized carbons (Fsp3) is 0.619. The first kappa shape index (κ1) is 19.8. The lowest BCUT2D eigenvalue weighted by Gasteiger charge is -2.23. The van der Waals surface area contributed by atoms with Gasteiger partial charge < -0.3 is 19.9 Å². The van der Waals surface area contributed by atoms with Gasteiger partial charge in [-0.15, -0.1) is 0 Å². The van der Waals surface area contributed by atoms with Crippen molar-refractivity contribution < 1.29 is 14.6 Å². The number of methoxy groups -OCH3 is 1. The number of hydrogen-bond acceptors (Lipinski definition) is 4. The Labute approximate surface area is 152 Å². The Hall–Kier alpha value is -1.52. The van der Waals surface area contributed by atoms with Gasteiger partial charge in [0, 0.05) is 12.6 Å². The minimum atomic E-state index is -0.523. The van der Waals surface area contributed by atoms with Crippen molar-refractivity contribution in [3.05, 3.63) is 29.8 Å². The minimum Gasteiger partial charge on any atom is -0.493 e. The van der Waals surface area contributed by atoms with Crippen LogP contribution in [0.25, 0.3) is 6.08 Å². The van der Waals surface area contributed by atoms with E-state index in [-0.39, 0.29) is 6.61 Å². The molecule has 1 aliphatic carbocycles. The van der Waals surface area contributed by atoms with E-state index in [1.54, 1.807) is 7.11 Å². The van der Waals surface area contributed by atoms with E-state index in [0.717, 1.165) is 5.56 Å². The first-order valence-electron chi connectivity index (χ1n) is 9.58. The zero-order chi connectivity index (χ0) is 17.9. The van der Waals surface area contributed by atoms with Crippen LogP contribution in [0.2, 0.25) is 0 Å². The van der Waals surface area contributed by atoms with E-state index < -0.39 is 6.10 Å². The lowest BCUT2D eigenvalue weighted by Crippen LogP contribution is -2.38. The van der Waals surface area contributed by atoms with E-state index in [2.05, 4.69) is 5.32 Å². The fourth-order valence-electron chi connectivity index (χ4n) is 3.31. The smallest absolute Gasteiger partial charge is 0.161 e. The van der Waals surface area contributed by atoms with Crippen LogP contribution in [0, 0.1) is 0 Å². The molecule has 0 bridgehead atoms. The molecule has 1 saturated carbocycles. The third-order valence-corrected chi connectivity index (χ3v) is 4.73. The van der Waals surface area contributed by atoms with Crippen molar-refractivity contribution in [2.75, 3.05) is 20.3 Å². The van der Waals surface area contributed by atoms with E-state index >= 15 is 0 Å². The number of benzene rings is 1. The van der Waals surface area contributed by atoms with Crippen molar-refractivity contribution in [3.63, 3.8) is 0 Å². The first-order valence-corrected chi connectivity index (χ1v) is 9.58. The van der Waals surface area contributed by atoms with Gasteiger partial charge in [0.25, 0.3) is 0 Å². The molecular weight excluding hydrogens is 314 g/mol.